The van der Waals surface area contributed by atoms with E-state index in [2.05, 4.69) is 0 Å². The molecule has 2 aliphatic carbocycles. The predicted molar refractivity (Wildman–Crippen MR) is 142 cm³/mol. The molecule has 0 bridgehead atoms. The minimum atomic E-state index is -0.344. The molecule has 6 nitrogen and oxygen atoms in total. The van der Waals surface area contributed by atoms with Crippen LogP contribution in [0.5, 0.6) is 11.5 Å². The summed E-state index contributed by atoms with van der Waals surface area (Å²) in [5.74, 6) is 0.852. The Bertz CT molecular complexity index is 1050. The molecule has 0 amide bonds. The number of hydrogen-bond acceptors (Lipinski definition) is 6. The summed E-state index contributed by atoms with van der Waals surface area (Å²) in [6.45, 7) is 7.20. The molecule has 0 heterocycles. The summed E-state index contributed by atoms with van der Waals surface area (Å²) < 4.78 is 11.6. The summed E-state index contributed by atoms with van der Waals surface area (Å²) in [7, 11) is 0. The zero-order chi connectivity index (χ0) is 26.7. The van der Waals surface area contributed by atoms with Gasteiger partial charge >= 0.3 is 11.9 Å². The van der Waals surface area contributed by atoms with Crippen molar-refractivity contribution in [1.29, 1.82) is 0 Å². The number of phenolic OH excluding ortho intramolecular Hbond substituents is 2. The lowest BCUT2D eigenvalue weighted by atomic mass is 9.76. The second kappa shape index (κ2) is 11.6. The lowest BCUT2D eigenvalue weighted by Crippen LogP contribution is -2.28. The largest absolute Gasteiger partial charge is 0.508 e. The van der Waals surface area contributed by atoms with E-state index in [1.165, 1.54) is 6.42 Å². The lowest BCUT2D eigenvalue weighted by molar-refractivity contribution is 0.0103. The van der Waals surface area contributed by atoms with Crippen molar-refractivity contribution in [2.75, 3.05) is 0 Å². The summed E-state index contributed by atoms with van der Waals surface area (Å²) in [5, 5.41) is 20.1. The van der Waals surface area contributed by atoms with Gasteiger partial charge in [0.1, 0.15) is 23.7 Å². The molecular weight excluding hydrogens is 468 g/mol. The molecule has 0 aromatic heterocycles. The van der Waals surface area contributed by atoms with Crippen LogP contribution in [0.15, 0.2) is 24.3 Å². The van der Waals surface area contributed by atoms with E-state index < -0.39 is 0 Å². The minimum absolute atomic E-state index is 0.0644. The number of aromatic hydroxyl groups is 2. The normalized spacial score (nSPS) is 23.9. The molecular formula is C31H40O6. The Hall–Kier alpha value is -3.02. The third-order valence-electron chi connectivity index (χ3n) is 8.29. The van der Waals surface area contributed by atoms with Gasteiger partial charge in [0.05, 0.1) is 11.1 Å². The Morgan fingerprint density at radius 3 is 1.35 bits per heavy atom. The Balaban J connectivity index is 1.19. The second-order valence-corrected chi connectivity index (χ2v) is 11.2. The molecule has 2 aromatic carbocycles. The average molecular weight is 509 g/mol. The SMILES string of the molecule is Cc1cc(O)c(C)c(C(=O)OC2CCC(CC3CCC(OC(=O)c4cc(C)cc(O)c4C)CC3)CC2)c1. The van der Waals surface area contributed by atoms with Crippen molar-refractivity contribution in [3.8, 4) is 11.5 Å². The standard InChI is InChI=1S/C31H40O6/c1-18-13-26(20(3)28(32)15-18)30(34)36-24-9-5-22(6-10-24)17-23-7-11-25(12-8-23)37-31(35)27-14-19(2)16-29(33)21(27)4/h13-16,22-25,32-33H,5-12,17H2,1-4H3. The van der Waals surface area contributed by atoms with Gasteiger partial charge in [0.2, 0.25) is 0 Å². The zero-order valence-electron chi connectivity index (χ0n) is 22.5. The zero-order valence-corrected chi connectivity index (χ0v) is 22.5. The molecule has 2 saturated carbocycles. The molecule has 2 aliphatic rings. The number of rotatable bonds is 6. The van der Waals surface area contributed by atoms with Crippen LogP contribution in [0.25, 0.3) is 0 Å². The van der Waals surface area contributed by atoms with Crippen LogP contribution in [-0.2, 0) is 9.47 Å². The molecule has 2 N–H and O–H groups in total. The summed E-state index contributed by atoms with van der Waals surface area (Å²) >= 11 is 0. The minimum Gasteiger partial charge on any atom is -0.508 e. The van der Waals surface area contributed by atoms with E-state index in [1.807, 2.05) is 13.8 Å². The fourth-order valence-electron chi connectivity index (χ4n) is 5.97. The van der Waals surface area contributed by atoms with E-state index in [4.69, 9.17) is 9.47 Å². The van der Waals surface area contributed by atoms with Gasteiger partial charge in [0, 0.05) is 11.1 Å². The van der Waals surface area contributed by atoms with Crippen LogP contribution in [0.1, 0.15) is 101 Å². The van der Waals surface area contributed by atoms with Gasteiger partial charge in [-0.15, -0.1) is 0 Å². The first-order valence-electron chi connectivity index (χ1n) is 13.6. The predicted octanol–water partition coefficient (Wildman–Crippen LogP) is 6.85. The average Bonchev–Trinajstić information content (AvgIpc) is 2.86. The first-order valence-corrected chi connectivity index (χ1v) is 13.6. The maximum Gasteiger partial charge on any atom is 0.338 e. The van der Waals surface area contributed by atoms with Crippen molar-refractivity contribution in [3.63, 3.8) is 0 Å². The highest BCUT2D eigenvalue weighted by molar-refractivity contribution is 5.92. The van der Waals surface area contributed by atoms with Crippen LogP contribution >= 0.6 is 0 Å². The number of esters is 2. The third-order valence-corrected chi connectivity index (χ3v) is 8.29. The number of hydrogen-bond donors (Lipinski definition) is 2. The van der Waals surface area contributed by atoms with E-state index >= 15 is 0 Å². The molecule has 0 unspecified atom stereocenters. The van der Waals surface area contributed by atoms with Crippen LogP contribution in [0.4, 0.5) is 0 Å². The highest BCUT2D eigenvalue weighted by Crippen LogP contribution is 2.37. The van der Waals surface area contributed by atoms with Crippen molar-refractivity contribution in [2.45, 2.75) is 97.7 Å². The maximum absolute atomic E-state index is 12.7. The van der Waals surface area contributed by atoms with E-state index in [9.17, 15) is 19.8 Å². The van der Waals surface area contributed by atoms with Gasteiger partial charge in [-0.2, -0.15) is 0 Å². The van der Waals surface area contributed by atoms with E-state index in [0.29, 0.717) is 34.1 Å². The van der Waals surface area contributed by atoms with E-state index in [0.717, 1.165) is 62.5 Å². The second-order valence-electron chi connectivity index (χ2n) is 11.2. The Labute approximate surface area is 220 Å². The van der Waals surface area contributed by atoms with E-state index in [-0.39, 0.29) is 35.6 Å². The lowest BCUT2D eigenvalue weighted by Gasteiger charge is -2.34. The van der Waals surface area contributed by atoms with Gasteiger partial charge in [0.15, 0.2) is 0 Å². The smallest absolute Gasteiger partial charge is 0.338 e. The van der Waals surface area contributed by atoms with E-state index in [1.54, 1.807) is 38.1 Å². The van der Waals surface area contributed by atoms with Crippen LogP contribution in [0.3, 0.4) is 0 Å². The molecule has 2 aromatic rings. The van der Waals surface area contributed by atoms with Gasteiger partial charge in [-0.25, -0.2) is 9.59 Å². The quantitative estimate of drug-likeness (QED) is 0.414. The molecule has 0 aliphatic heterocycles. The van der Waals surface area contributed by atoms with Crippen LogP contribution in [0, 0.1) is 39.5 Å². The van der Waals surface area contributed by atoms with Crippen LogP contribution in [0.2, 0.25) is 0 Å². The van der Waals surface area contributed by atoms with Crippen LogP contribution < -0.4 is 0 Å². The monoisotopic (exact) mass is 508 g/mol. The number of aryl methyl sites for hydroxylation is 2. The Kier molecular flexibility index (Phi) is 8.46. The fourth-order valence-corrected chi connectivity index (χ4v) is 5.97. The topological polar surface area (TPSA) is 93.1 Å². The molecule has 0 saturated heterocycles. The van der Waals surface area contributed by atoms with Gasteiger partial charge in [-0.3, -0.25) is 0 Å². The van der Waals surface area contributed by atoms with Crippen molar-refractivity contribution >= 4 is 11.9 Å². The number of carbonyl (C=O) groups is 2. The maximum atomic E-state index is 12.7. The molecule has 0 atom stereocenters. The first-order chi connectivity index (χ1) is 17.6. The van der Waals surface area contributed by atoms with Gasteiger partial charge in [-0.1, -0.05) is 0 Å². The molecule has 0 spiro atoms. The first kappa shape index (κ1) is 27.0. The number of carbonyl (C=O) groups excluding carboxylic acids is 2. The molecule has 2 fully saturated rings. The number of ether oxygens (including phenoxy) is 2. The van der Waals surface area contributed by atoms with Crippen molar-refractivity contribution in [2.24, 2.45) is 11.8 Å². The summed E-state index contributed by atoms with van der Waals surface area (Å²) in [6, 6.07) is 6.88. The van der Waals surface area contributed by atoms with Gasteiger partial charge in [-0.05, 0) is 133 Å². The van der Waals surface area contributed by atoms with Gasteiger partial charge < -0.3 is 19.7 Å². The molecule has 200 valence electrons. The summed E-state index contributed by atoms with van der Waals surface area (Å²) in [4.78, 5) is 25.4. The summed E-state index contributed by atoms with van der Waals surface area (Å²) in [6.07, 6.45) is 8.79. The summed E-state index contributed by atoms with van der Waals surface area (Å²) in [5.41, 5.74) is 3.72. The molecule has 4 rings (SSSR count). The van der Waals surface area contributed by atoms with Gasteiger partial charge in [0.25, 0.3) is 0 Å². The Morgan fingerprint density at radius 1 is 0.649 bits per heavy atom. The number of benzene rings is 2. The highest BCUT2D eigenvalue weighted by Gasteiger charge is 2.30. The molecule has 6 heteroatoms. The number of phenols is 2. The molecule has 37 heavy (non-hydrogen) atoms. The van der Waals surface area contributed by atoms with Crippen molar-refractivity contribution in [1.82, 2.24) is 0 Å². The van der Waals surface area contributed by atoms with Crippen molar-refractivity contribution in [3.05, 3.63) is 57.6 Å². The third kappa shape index (κ3) is 6.65. The van der Waals surface area contributed by atoms with Crippen molar-refractivity contribution < 1.29 is 29.3 Å². The van der Waals surface area contributed by atoms with Crippen LogP contribution in [-0.4, -0.2) is 34.4 Å². The molecule has 0 radical (unpaired) electrons. The fraction of sp³-hybridized carbons (Fsp3) is 0.548. The highest BCUT2D eigenvalue weighted by atomic mass is 16.5. The Morgan fingerprint density at radius 2 is 1.00 bits per heavy atom.